The zero-order chi connectivity index (χ0) is 18.4. The van der Waals surface area contributed by atoms with Crippen molar-refractivity contribution in [3.63, 3.8) is 0 Å². The molecule has 1 fully saturated rings. The summed E-state index contributed by atoms with van der Waals surface area (Å²) in [6.07, 6.45) is 2.20. The van der Waals surface area contributed by atoms with Crippen LogP contribution in [0.5, 0.6) is 5.75 Å². The van der Waals surface area contributed by atoms with Gasteiger partial charge in [0, 0.05) is 25.9 Å². The second-order valence-electron chi connectivity index (χ2n) is 7.40. The van der Waals surface area contributed by atoms with Crippen molar-refractivity contribution in [3.05, 3.63) is 46.8 Å². The van der Waals surface area contributed by atoms with E-state index in [-0.39, 0.29) is 6.10 Å². The van der Waals surface area contributed by atoms with Crippen LogP contribution >= 0.6 is 0 Å². The molecule has 2 aliphatic rings. The van der Waals surface area contributed by atoms with E-state index >= 15 is 0 Å². The zero-order valence-electron chi connectivity index (χ0n) is 15.7. The van der Waals surface area contributed by atoms with Crippen molar-refractivity contribution in [3.8, 4) is 5.75 Å². The van der Waals surface area contributed by atoms with Crippen LogP contribution in [0.3, 0.4) is 0 Å². The van der Waals surface area contributed by atoms with E-state index in [1.807, 2.05) is 11.4 Å². The molecule has 5 rings (SSSR count). The van der Waals surface area contributed by atoms with Crippen molar-refractivity contribution >= 4 is 11.5 Å². The maximum absolute atomic E-state index is 6.24. The van der Waals surface area contributed by atoms with E-state index in [0.717, 1.165) is 61.1 Å². The van der Waals surface area contributed by atoms with Gasteiger partial charge in [-0.25, -0.2) is 0 Å². The van der Waals surface area contributed by atoms with E-state index < -0.39 is 0 Å². The molecular weight excluding hydrogens is 342 g/mol. The van der Waals surface area contributed by atoms with E-state index in [1.54, 1.807) is 0 Å². The van der Waals surface area contributed by atoms with Gasteiger partial charge in [0.2, 0.25) is 0 Å². The molecular formula is C20H23N5O2. The van der Waals surface area contributed by atoms with Gasteiger partial charge in [0.05, 0.1) is 13.2 Å². The second kappa shape index (κ2) is 6.49. The van der Waals surface area contributed by atoms with Gasteiger partial charge < -0.3 is 14.4 Å². The lowest BCUT2D eigenvalue weighted by Gasteiger charge is -2.33. The van der Waals surface area contributed by atoms with Gasteiger partial charge in [-0.1, -0.05) is 6.07 Å². The Morgan fingerprint density at radius 1 is 1.04 bits per heavy atom. The molecule has 0 bridgehead atoms. The van der Waals surface area contributed by atoms with Gasteiger partial charge in [-0.15, -0.1) is 15.3 Å². The Kier molecular flexibility index (Phi) is 3.97. The van der Waals surface area contributed by atoms with E-state index in [4.69, 9.17) is 14.6 Å². The summed E-state index contributed by atoms with van der Waals surface area (Å²) < 4.78 is 13.5. The number of ether oxygens (including phenoxy) is 2. The molecule has 0 spiro atoms. The summed E-state index contributed by atoms with van der Waals surface area (Å²) in [6.45, 7) is 7.28. The van der Waals surface area contributed by atoms with Gasteiger partial charge in [-0.2, -0.15) is 4.52 Å². The van der Waals surface area contributed by atoms with Crippen LogP contribution in [-0.4, -0.2) is 39.0 Å². The minimum Gasteiger partial charge on any atom is -0.490 e. The molecule has 0 atom stereocenters. The third-order valence-corrected chi connectivity index (χ3v) is 5.45. The number of hydrogen-bond acceptors (Lipinski definition) is 6. The molecule has 0 saturated carbocycles. The van der Waals surface area contributed by atoms with Gasteiger partial charge in [0.15, 0.2) is 17.3 Å². The maximum atomic E-state index is 6.24. The van der Waals surface area contributed by atoms with Gasteiger partial charge in [-0.3, -0.25) is 0 Å². The molecule has 4 heterocycles. The molecule has 2 aromatic heterocycles. The first-order valence-electron chi connectivity index (χ1n) is 9.48. The Morgan fingerprint density at radius 3 is 2.70 bits per heavy atom. The molecule has 7 heteroatoms. The van der Waals surface area contributed by atoms with Crippen LogP contribution < -0.4 is 9.64 Å². The van der Waals surface area contributed by atoms with E-state index in [1.165, 1.54) is 11.1 Å². The normalized spacial score (nSPS) is 17.5. The van der Waals surface area contributed by atoms with Crippen LogP contribution in [0, 0.1) is 13.8 Å². The average Bonchev–Trinajstić information content (AvgIpc) is 3.28. The highest BCUT2D eigenvalue weighted by molar-refractivity contribution is 5.52. The van der Waals surface area contributed by atoms with E-state index in [9.17, 15) is 0 Å². The topological polar surface area (TPSA) is 64.8 Å². The van der Waals surface area contributed by atoms with Crippen LogP contribution in [0.4, 0.5) is 5.82 Å². The monoisotopic (exact) mass is 365 g/mol. The lowest BCUT2D eigenvalue weighted by molar-refractivity contribution is 0.134. The number of hydrogen-bond donors (Lipinski definition) is 0. The molecule has 0 aliphatic carbocycles. The van der Waals surface area contributed by atoms with Crippen molar-refractivity contribution in [2.75, 3.05) is 18.0 Å². The number of benzene rings is 1. The Hall–Kier alpha value is -2.67. The largest absolute Gasteiger partial charge is 0.490 e. The molecule has 3 aromatic rings. The highest BCUT2D eigenvalue weighted by Gasteiger charge is 2.24. The standard InChI is InChI=1S/C20H23N5O2/c1-13-9-19-22-21-14(2)25(19)23-20(13)24-7-5-17(6-8-24)27-18-4-3-15-11-26-12-16(15)10-18/h3-4,9-10,17H,5-8,11-12H2,1-2H3. The fraction of sp³-hybridized carbons (Fsp3) is 0.450. The summed E-state index contributed by atoms with van der Waals surface area (Å²) in [5, 5.41) is 13.0. The van der Waals surface area contributed by atoms with Crippen LogP contribution in [0.15, 0.2) is 24.3 Å². The summed E-state index contributed by atoms with van der Waals surface area (Å²) in [5.74, 6) is 2.78. The fourth-order valence-corrected chi connectivity index (χ4v) is 3.93. The quantitative estimate of drug-likeness (QED) is 0.711. The van der Waals surface area contributed by atoms with Gasteiger partial charge in [-0.05, 0) is 48.7 Å². The molecule has 7 nitrogen and oxygen atoms in total. The summed E-state index contributed by atoms with van der Waals surface area (Å²) >= 11 is 0. The number of fused-ring (bicyclic) bond motifs is 2. The highest BCUT2D eigenvalue weighted by atomic mass is 16.5. The molecule has 140 valence electrons. The predicted octanol–water partition coefficient (Wildman–Crippen LogP) is 2.82. The van der Waals surface area contributed by atoms with Crippen molar-refractivity contribution in [2.24, 2.45) is 0 Å². The fourth-order valence-electron chi connectivity index (χ4n) is 3.93. The van der Waals surface area contributed by atoms with Crippen molar-refractivity contribution in [2.45, 2.75) is 46.0 Å². The Morgan fingerprint density at radius 2 is 1.85 bits per heavy atom. The van der Waals surface area contributed by atoms with Crippen molar-refractivity contribution < 1.29 is 9.47 Å². The molecule has 1 aromatic carbocycles. The number of nitrogens with zero attached hydrogens (tertiary/aromatic N) is 5. The van der Waals surface area contributed by atoms with Crippen LogP contribution in [0.25, 0.3) is 5.65 Å². The van der Waals surface area contributed by atoms with Gasteiger partial charge in [0.1, 0.15) is 11.9 Å². The number of rotatable bonds is 3. The number of piperidine rings is 1. The first kappa shape index (κ1) is 16.5. The second-order valence-corrected chi connectivity index (χ2v) is 7.40. The van der Waals surface area contributed by atoms with Crippen LogP contribution in [0.2, 0.25) is 0 Å². The smallest absolute Gasteiger partial charge is 0.178 e. The van der Waals surface area contributed by atoms with Gasteiger partial charge >= 0.3 is 0 Å². The minimum atomic E-state index is 0.238. The first-order valence-corrected chi connectivity index (χ1v) is 9.48. The zero-order valence-corrected chi connectivity index (χ0v) is 15.7. The lowest BCUT2D eigenvalue weighted by Crippen LogP contribution is -2.39. The lowest BCUT2D eigenvalue weighted by atomic mass is 10.1. The van der Waals surface area contributed by atoms with Gasteiger partial charge in [0.25, 0.3) is 0 Å². The van der Waals surface area contributed by atoms with E-state index in [0.29, 0.717) is 6.61 Å². The van der Waals surface area contributed by atoms with Crippen LogP contribution in [0.1, 0.15) is 35.4 Å². The Balaban J connectivity index is 1.27. The van der Waals surface area contributed by atoms with Crippen LogP contribution in [-0.2, 0) is 18.0 Å². The Labute approximate surface area is 157 Å². The predicted molar refractivity (Wildman–Crippen MR) is 101 cm³/mol. The van der Waals surface area contributed by atoms with Crippen molar-refractivity contribution in [1.82, 2.24) is 19.8 Å². The maximum Gasteiger partial charge on any atom is 0.178 e. The SMILES string of the molecule is Cc1cc2nnc(C)n2nc1N1CCC(Oc2ccc3c(c2)COC3)CC1. The average molecular weight is 365 g/mol. The molecule has 27 heavy (non-hydrogen) atoms. The number of aryl methyl sites for hydroxylation is 2. The molecule has 0 amide bonds. The third-order valence-electron chi connectivity index (χ3n) is 5.45. The van der Waals surface area contributed by atoms with E-state index in [2.05, 4.69) is 46.3 Å². The number of aromatic nitrogens is 4. The molecule has 2 aliphatic heterocycles. The molecule has 1 saturated heterocycles. The minimum absolute atomic E-state index is 0.238. The molecule has 0 unspecified atom stereocenters. The number of anilines is 1. The first-order chi connectivity index (χ1) is 13.2. The third kappa shape index (κ3) is 3.02. The molecule has 0 radical (unpaired) electrons. The Bertz CT molecular complexity index is 991. The summed E-state index contributed by atoms with van der Waals surface area (Å²) in [4.78, 5) is 2.34. The highest BCUT2D eigenvalue weighted by Crippen LogP contribution is 2.28. The van der Waals surface area contributed by atoms with Crippen molar-refractivity contribution in [1.29, 1.82) is 0 Å². The summed E-state index contributed by atoms with van der Waals surface area (Å²) in [7, 11) is 0. The summed E-state index contributed by atoms with van der Waals surface area (Å²) in [6, 6.07) is 8.37. The molecule has 0 N–H and O–H groups in total. The summed E-state index contributed by atoms with van der Waals surface area (Å²) in [5.41, 5.74) is 4.46.